The minimum atomic E-state index is -3.62. The van der Waals surface area contributed by atoms with Crippen LogP contribution in [-0.2, 0) is 14.6 Å². The maximum absolute atomic E-state index is 12.3. The number of carbonyl (C=O) groups excluding carboxylic acids is 1. The molecule has 1 unspecified atom stereocenters. The van der Waals surface area contributed by atoms with Gasteiger partial charge in [-0.25, -0.2) is 8.42 Å². The lowest BCUT2D eigenvalue weighted by Gasteiger charge is -2.24. The number of sulfone groups is 1. The van der Waals surface area contributed by atoms with E-state index in [4.69, 9.17) is 11.6 Å². The molecule has 0 saturated heterocycles. The highest BCUT2D eigenvalue weighted by atomic mass is 35.5. The van der Waals surface area contributed by atoms with Gasteiger partial charge < -0.3 is 0 Å². The number of hydrogen-bond acceptors (Lipinski definition) is 4. The van der Waals surface area contributed by atoms with Gasteiger partial charge in [-0.05, 0) is 25.5 Å². The predicted molar refractivity (Wildman–Crippen MR) is 73.7 cm³/mol. The van der Waals surface area contributed by atoms with Crippen LogP contribution in [0.25, 0.3) is 0 Å². The van der Waals surface area contributed by atoms with Crippen LogP contribution in [0.5, 0.6) is 0 Å². The Morgan fingerprint density at radius 1 is 1.37 bits per heavy atom. The molecule has 0 aliphatic heterocycles. The molecule has 0 aromatic heterocycles. The van der Waals surface area contributed by atoms with Crippen LogP contribution < -0.4 is 0 Å². The van der Waals surface area contributed by atoms with Crippen LogP contribution in [0.2, 0.25) is 5.02 Å². The molecule has 1 rings (SSSR count). The molecule has 4 nitrogen and oxygen atoms in total. The summed E-state index contributed by atoms with van der Waals surface area (Å²) in [4.78, 5) is 12.3. The van der Waals surface area contributed by atoms with Gasteiger partial charge in [0.15, 0.2) is 15.6 Å². The average Bonchev–Trinajstić information content (AvgIpc) is 2.30. The smallest absolute Gasteiger partial charge is 0.175 e. The van der Waals surface area contributed by atoms with Crippen molar-refractivity contribution in [1.82, 2.24) is 0 Å². The molecule has 0 aliphatic carbocycles. The monoisotopic (exact) mass is 299 g/mol. The van der Waals surface area contributed by atoms with Crippen LogP contribution in [0.15, 0.2) is 24.3 Å². The second kappa shape index (κ2) is 5.32. The van der Waals surface area contributed by atoms with Crippen molar-refractivity contribution in [3.63, 3.8) is 0 Å². The van der Waals surface area contributed by atoms with Gasteiger partial charge in [0, 0.05) is 11.3 Å². The van der Waals surface area contributed by atoms with E-state index in [-0.39, 0.29) is 5.02 Å². The summed E-state index contributed by atoms with van der Waals surface area (Å²) in [5.74, 6) is -1.87. The zero-order chi connectivity index (χ0) is 14.8. The van der Waals surface area contributed by atoms with Crippen molar-refractivity contribution < 1.29 is 13.2 Å². The van der Waals surface area contributed by atoms with E-state index < -0.39 is 26.3 Å². The number of halogens is 1. The van der Waals surface area contributed by atoms with E-state index in [9.17, 15) is 18.5 Å². The summed E-state index contributed by atoms with van der Waals surface area (Å²) in [7, 11) is -3.62. The lowest BCUT2D eigenvalue weighted by atomic mass is 9.89. The molecule has 1 aromatic rings. The molecule has 6 heteroatoms. The van der Waals surface area contributed by atoms with Crippen molar-refractivity contribution in [1.29, 1.82) is 5.26 Å². The fourth-order valence-corrected chi connectivity index (χ4v) is 2.24. The van der Waals surface area contributed by atoms with Gasteiger partial charge in [0.25, 0.3) is 0 Å². The summed E-state index contributed by atoms with van der Waals surface area (Å²) in [6.07, 6.45) is 0.978. The molecule has 0 fully saturated rings. The number of nitriles is 1. The first-order valence-corrected chi connectivity index (χ1v) is 7.78. The summed E-state index contributed by atoms with van der Waals surface area (Å²) in [6, 6.07) is 8.26. The van der Waals surface area contributed by atoms with Gasteiger partial charge >= 0.3 is 0 Å². The molecule has 0 bridgehead atoms. The topological polar surface area (TPSA) is 75.0 Å². The first-order chi connectivity index (χ1) is 8.63. The van der Waals surface area contributed by atoms with E-state index in [0.717, 1.165) is 6.26 Å². The number of hydrogen-bond donors (Lipinski definition) is 0. The van der Waals surface area contributed by atoms with Gasteiger partial charge in [-0.15, -0.1) is 0 Å². The van der Waals surface area contributed by atoms with Gasteiger partial charge in [0.05, 0.1) is 6.07 Å². The van der Waals surface area contributed by atoms with E-state index >= 15 is 0 Å². The van der Waals surface area contributed by atoms with Gasteiger partial charge in [0.1, 0.15) is 10.7 Å². The highest BCUT2D eigenvalue weighted by molar-refractivity contribution is 7.92. The SMILES string of the molecule is CC(C)(C(=O)C(C#N)c1ccccc1Cl)S(C)(=O)=O. The fourth-order valence-electron chi connectivity index (χ4n) is 1.51. The summed E-state index contributed by atoms with van der Waals surface area (Å²) in [5, 5.41) is 9.45. The van der Waals surface area contributed by atoms with Crippen LogP contribution in [-0.4, -0.2) is 25.2 Å². The number of ketones is 1. The minimum absolute atomic E-state index is 0.270. The lowest BCUT2D eigenvalue weighted by molar-refractivity contribution is -0.121. The summed E-state index contributed by atoms with van der Waals surface area (Å²) >= 11 is 5.95. The Kier molecular flexibility index (Phi) is 4.39. The Hall–Kier alpha value is -1.38. The number of Topliss-reactive ketones (excluding diaryl/α,β-unsaturated/α-hetero) is 1. The number of benzene rings is 1. The molecule has 102 valence electrons. The molecule has 0 heterocycles. The Labute approximate surface area is 117 Å². The zero-order valence-corrected chi connectivity index (χ0v) is 12.4. The molecule has 0 amide bonds. The Bertz CT molecular complexity index is 644. The van der Waals surface area contributed by atoms with E-state index in [1.165, 1.54) is 13.8 Å². The van der Waals surface area contributed by atoms with Crippen molar-refractivity contribution >= 4 is 27.2 Å². The summed E-state index contributed by atoms with van der Waals surface area (Å²) in [6.45, 7) is 2.59. The molecular weight excluding hydrogens is 286 g/mol. The van der Waals surface area contributed by atoms with Crippen LogP contribution in [0.3, 0.4) is 0 Å². The van der Waals surface area contributed by atoms with Crippen molar-refractivity contribution in [2.45, 2.75) is 24.5 Å². The van der Waals surface area contributed by atoms with Crippen LogP contribution >= 0.6 is 11.6 Å². The Morgan fingerprint density at radius 2 is 1.89 bits per heavy atom. The van der Waals surface area contributed by atoms with Crippen molar-refractivity contribution in [3.05, 3.63) is 34.9 Å². The molecule has 1 atom stereocenters. The maximum Gasteiger partial charge on any atom is 0.175 e. The third-order valence-electron chi connectivity index (χ3n) is 3.13. The molecule has 0 saturated carbocycles. The first kappa shape index (κ1) is 15.7. The highest BCUT2D eigenvalue weighted by Gasteiger charge is 2.43. The molecule has 0 N–H and O–H groups in total. The highest BCUT2D eigenvalue weighted by Crippen LogP contribution is 2.30. The van der Waals surface area contributed by atoms with Crippen LogP contribution in [0.4, 0.5) is 0 Å². The third kappa shape index (κ3) is 2.96. The maximum atomic E-state index is 12.3. The van der Waals surface area contributed by atoms with Crippen LogP contribution in [0.1, 0.15) is 25.3 Å². The molecule has 0 aliphatic rings. The second-order valence-corrected chi connectivity index (χ2v) is 7.70. The molecule has 0 spiro atoms. The minimum Gasteiger partial charge on any atom is -0.296 e. The van der Waals surface area contributed by atoms with E-state index in [0.29, 0.717) is 5.56 Å². The van der Waals surface area contributed by atoms with E-state index in [2.05, 4.69) is 0 Å². The number of carbonyl (C=O) groups is 1. The average molecular weight is 300 g/mol. The van der Waals surface area contributed by atoms with E-state index in [1.54, 1.807) is 24.3 Å². The summed E-state index contributed by atoms with van der Waals surface area (Å²) < 4.78 is 21.7. The second-order valence-electron chi connectivity index (χ2n) is 4.73. The lowest BCUT2D eigenvalue weighted by Crippen LogP contribution is -2.42. The van der Waals surface area contributed by atoms with Crippen molar-refractivity contribution in [3.8, 4) is 6.07 Å². The largest absolute Gasteiger partial charge is 0.296 e. The third-order valence-corrected chi connectivity index (χ3v) is 5.53. The fraction of sp³-hybridized carbons (Fsp3) is 0.385. The number of nitrogens with zero attached hydrogens (tertiary/aromatic N) is 1. The molecular formula is C13H14ClNO3S. The van der Waals surface area contributed by atoms with Gasteiger partial charge in [0.2, 0.25) is 0 Å². The van der Waals surface area contributed by atoms with Gasteiger partial charge in [-0.3, -0.25) is 4.79 Å². The Balaban J connectivity index is 3.32. The first-order valence-electron chi connectivity index (χ1n) is 5.51. The Morgan fingerprint density at radius 3 is 2.32 bits per heavy atom. The normalized spacial score (nSPS) is 13.6. The molecule has 19 heavy (non-hydrogen) atoms. The molecule has 0 radical (unpaired) electrons. The van der Waals surface area contributed by atoms with E-state index in [1.807, 2.05) is 6.07 Å². The van der Waals surface area contributed by atoms with Crippen LogP contribution in [0, 0.1) is 11.3 Å². The summed E-state index contributed by atoms with van der Waals surface area (Å²) in [5.41, 5.74) is 0.327. The number of rotatable bonds is 4. The van der Waals surface area contributed by atoms with Gasteiger partial charge in [-0.1, -0.05) is 29.8 Å². The standard InChI is InChI=1S/C13H14ClNO3S/c1-13(2,19(3,17)18)12(16)10(8-15)9-6-4-5-7-11(9)14/h4-7,10H,1-3H3. The van der Waals surface area contributed by atoms with Gasteiger partial charge in [-0.2, -0.15) is 5.26 Å². The quantitative estimate of drug-likeness (QED) is 0.855. The molecule has 1 aromatic carbocycles. The van der Waals surface area contributed by atoms with Crippen molar-refractivity contribution in [2.75, 3.05) is 6.26 Å². The zero-order valence-electron chi connectivity index (χ0n) is 10.8. The predicted octanol–water partition coefficient (Wildman–Crippen LogP) is 2.34. The van der Waals surface area contributed by atoms with Crippen molar-refractivity contribution in [2.24, 2.45) is 0 Å².